The molecule has 0 saturated heterocycles. The summed E-state index contributed by atoms with van der Waals surface area (Å²) in [5.41, 5.74) is 0.682. The summed E-state index contributed by atoms with van der Waals surface area (Å²) >= 11 is 5.55. The highest BCUT2D eigenvalue weighted by atomic mass is 32.5. The van der Waals surface area contributed by atoms with Crippen molar-refractivity contribution in [1.82, 2.24) is 0 Å². The number of carbonyl (C=O) groups is 2. The first-order valence-corrected chi connectivity index (χ1v) is 10.5. The van der Waals surface area contributed by atoms with Crippen molar-refractivity contribution in [1.29, 1.82) is 0 Å². The van der Waals surface area contributed by atoms with Gasteiger partial charge in [0.2, 0.25) is 0 Å². The zero-order valence-electron chi connectivity index (χ0n) is 13.6. The van der Waals surface area contributed by atoms with Crippen molar-refractivity contribution in [3.63, 3.8) is 0 Å². The molecule has 4 nitrogen and oxygen atoms in total. The van der Waals surface area contributed by atoms with Crippen molar-refractivity contribution in [3.8, 4) is 0 Å². The normalized spacial score (nSPS) is 10.8. The smallest absolute Gasteiger partial charge is 0.344 e. The van der Waals surface area contributed by atoms with Crippen LogP contribution in [0.5, 0.6) is 0 Å². The van der Waals surface area contributed by atoms with Gasteiger partial charge in [0.1, 0.15) is 0 Å². The summed E-state index contributed by atoms with van der Waals surface area (Å²) in [5, 5.41) is 0.489. The van der Waals surface area contributed by atoms with E-state index >= 15 is 0 Å². The zero-order chi connectivity index (χ0) is 18.4. The molecule has 0 saturated carbocycles. The Morgan fingerprint density at radius 2 is 0.962 bits per heavy atom. The molecule has 0 heterocycles. The third-order valence-corrected chi connectivity index (χ3v) is 6.32. The van der Waals surface area contributed by atoms with Gasteiger partial charge in [-0.05, 0) is 48.2 Å². The van der Waals surface area contributed by atoms with E-state index in [1.807, 2.05) is 0 Å². The van der Waals surface area contributed by atoms with E-state index in [4.69, 9.17) is 20.9 Å². The highest BCUT2D eigenvalue weighted by Crippen LogP contribution is 2.48. The van der Waals surface area contributed by atoms with Gasteiger partial charge < -0.3 is 9.05 Å². The fraction of sp³-hybridized carbons (Fsp3) is 0. The molecule has 0 bridgehead atoms. The van der Waals surface area contributed by atoms with Crippen LogP contribution in [0.25, 0.3) is 0 Å². The quantitative estimate of drug-likeness (QED) is 0.615. The van der Waals surface area contributed by atoms with E-state index in [9.17, 15) is 9.59 Å². The molecule has 130 valence electrons. The first-order chi connectivity index (χ1) is 12.6. The van der Waals surface area contributed by atoms with Gasteiger partial charge in [0.05, 0.1) is 16.4 Å². The fourth-order valence-electron chi connectivity index (χ4n) is 2.21. The van der Waals surface area contributed by atoms with Crippen LogP contribution in [0, 0.1) is 0 Å². The Morgan fingerprint density at radius 3 is 1.35 bits per heavy atom. The third kappa shape index (κ3) is 4.26. The second-order valence-corrected chi connectivity index (χ2v) is 8.64. The molecular formula is C20H15O4PS. The average molecular weight is 382 g/mol. The minimum atomic E-state index is -3.38. The number of benzene rings is 3. The molecule has 26 heavy (non-hydrogen) atoms. The maximum atomic E-state index is 12.5. The lowest BCUT2D eigenvalue weighted by Gasteiger charge is -2.21. The molecule has 0 amide bonds. The standard InChI is InChI=1S/C20H15O4PS/c21-19(16-10-4-1-5-11-16)23-25(26,18-14-8-3-9-15-18)24-20(22)17-12-6-2-7-13-17/h1-15H. The highest BCUT2D eigenvalue weighted by molar-refractivity contribution is 8.13. The SMILES string of the molecule is O=C(OP(=S)(OC(=O)c1ccccc1)c1ccccc1)c1ccccc1. The third-order valence-electron chi connectivity index (χ3n) is 3.50. The topological polar surface area (TPSA) is 52.6 Å². The van der Waals surface area contributed by atoms with Crippen LogP contribution < -0.4 is 5.30 Å². The van der Waals surface area contributed by atoms with Crippen molar-refractivity contribution in [3.05, 3.63) is 102 Å². The van der Waals surface area contributed by atoms with Gasteiger partial charge in [0.15, 0.2) is 0 Å². The van der Waals surface area contributed by atoms with Crippen molar-refractivity contribution in [2.75, 3.05) is 0 Å². The molecule has 3 aromatic carbocycles. The molecule has 0 aliphatic carbocycles. The zero-order valence-corrected chi connectivity index (χ0v) is 15.4. The molecule has 0 N–H and O–H groups in total. The predicted octanol–water partition coefficient (Wildman–Crippen LogP) is 4.34. The lowest BCUT2D eigenvalue weighted by Crippen LogP contribution is -2.17. The first-order valence-electron chi connectivity index (χ1n) is 7.82. The van der Waals surface area contributed by atoms with Crippen LogP contribution in [0.4, 0.5) is 0 Å². The summed E-state index contributed by atoms with van der Waals surface area (Å²) in [4.78, 5) is 25.0. The molecule has 0 fully saturated rings. The second-order valence-electron chi connectivity index (χ2n) is 5.32. The number of carbonyl (C=O) groups excluding carboxylic acids is 2. The van der Waals surface area contributed by atoms with Gasteiger partial charge in [0.25, 0.3) is 0 Å². The van der Waals surface area contributed by atoms with E-state index in [-0.39, 0.29) is 0 Å². The van der Waals surface area contributed by atoms with Crippen LogP contribution in [-0.4, -0.2) is 11.9 Å². The monoisotopic (exact) mass is 382 g/mol. The van der Waals surface area contributed by atoms with E-state index in [0.717, 1.165) is 0 Å². The Labute approximate surface area is 156 Å². The lowest BCUT2D eigenvalue weighted by atomic mass is 10.2. The van der Waals surface area contributed by atoms with Gasteiger partial charge in [-0.25, -0.2) is 9.59 Å². The molecule has 0 aliphatic rings. The van der Waals surface area contributed by atoms with Crippen molar-refractivity contribution in [2.24, 2.45) is 0 Å². The molecule has 0 aromatic heterocycles. The van der Waals surface area contributed by atoms with Crippen molar-refractivity contribution >= 4 is 35.5 Å². The summed E-state index contributed by atoms with van der Waals surface area (Å²) in [6.45, 7) is -3.38. The van der Waals surface area contributed by atoms with E-state index in [1.165, 1.54) is 0 Å². The van der Waals surface area contributed by atoms with E-state index in [1.54, 1.807) is 91.0 Å². The molecular weight excluding hydrogens is 367 g/mol. The molecule has 3 rings (SSSR count). The number of rotatable bonds is 5. The second kappa shape index (κ2) is 8.09. The Morgan fingerprint density at radius 1 is 0.615 bits per heavy atom. The van der Waals surface area contributed by atoms with Gasteiger partial charge in [-0.2, -0.15) is 0 Å². The Bertz CT molecular complexity index is 886. The molecule has 3 aromatic rings. The van der Waals surface area contributed by atoms with Gasteiger partial charge in [-0.3, -0.25) is 0 Å². The lowest BCUT2D eigenvalue weighted by molar-refractivity contribution is 0.0671. The summed E-state index contributed by atoms with van der Waals surface area (Å²) < 4.78 is 11.1. The van der Waals surface area contributed by atoms with E-state index in [0.29, 0.717) is 16.4 Å². The van der Waals surface area contributed by atoms with Crippen LogP contribution in [0.1, 0.15) is 20.7 Å². The van der Waals surface area contributed by atoms with Gasteiger partial charge in [-0.15, -0.1) is 0 Å². The summed E-state index contributed by atoms with van der Waals surface area (Å²) in [6.07, 6.45) is 0. The van der Waals surface area contributed by atoms with Gasteiger partial charge in [-0.1, -0.05) is 54.6 Å². The minimum absolute atomic E-state index is 0.341. The maximum absolute atomic E-state index is 12.5. The molecule has 0 aliphatic heterocycles. The van der Waals surface area contributed by atoms with Crippen LogP contribution in [0.2, 0.25) is 0 Å². The van der Waals surface area contributed by atoms with Crippen LogP contribution in [0.15, 0.2) is 91.0 Å². The number of hydrogen-bond donors (Lipinski definition) is 0. The van der Waals surface area contributed by atoms with E-state index < -0.39 is 18.4 Å². The molecule has 6 heteroatoms. The predicted molar refractivity (Wildman–Crippen MR) is 104 cm³/mol. The van der Waals surface area contributed by atoms with Gasteiger partial charge in [0, 0.05) is 0 Å². The van der Waals surface area contributed by atoms with Crippen LogP contribution in [-0.2, 0) is 20.9 Å². The number of hydrogen-bond acceptors (Lipinski definition) is 5. The average Bonchev–Trinajstić information content (AvgIpc) is 2.70. The first kappa shape index (κ1) is 18.1. The Hall–Kier alpha value is -2.75. The summed E-state index contributed by atoms with van der Waals surface area (Å²) in [7, 11) is 0. The highest BCUT2D eigenvalue weighted by Gasteiger charge is 2.31. The Kier molecular flexibility index (Phi) is 5.61. The molecule has 0 radical (unpaired) electrons. The van der Waals surface area contributed by atoms with Crippen LogP contribution >= 0.6 is 6.49 Å². The fourth-order valence-corrected chi connectivity index (χ4v) is 4.41. The summed E-state index contributed by atoms with van der Waals surface area (Å²) in [6, 6.07) is 25.6. The molecule has 0 spiro atoms. The maximum Gasteiger partial charge on any atom is 0.344 e. The van der Waals surface area contributed by atoms with Crippen molar-refractivity contribution < 1.29 is 18.6 Å². The molecule has 0 atom stereocenters. The van der Waals surface area contributed by atoms with Gasteiger partial charge >= 0.3 is 18.4 Å². The van der Waals surface area contributed by atoms with Crippen LogP contribution in [0.3, 0.4) is 0 Å². The molecule has 0 unspecified atom stereocenters. The van der Waals surface area contributed by atoms with E-state index in [2.05, 4.69) is 0 Å². The summed E-state index contributed by atoms with van der Waals surface area (Å²) in [5.74, 6) is -1.25. The Balaban J connectivity index is 1.91. The van der Waals surface area contributed by atoms with Crippen molar-refractivity contribution in [2.45, 2.75) is 0 Å². The largest absolute Gasteiger partial charge is 0.396 e. The minimum Gasteiger partial charge on any atom is -0.396 e.